The van der Waals surface area contributed by atoms with Gasteiger partial charge in [-0.1, -0.05) is 0 Å². The Hall–Kier alpha value is -1.26. The molecule has 0 aromatic heterocycles. The maximum absolute atomic E-state index is 11.0. The summed E-state index contributed by atoms with van der Waals surface area (Å²) in [6.45, 7) is 2.11. The summed E-state index contributed by atoms with van der Waals surface area (Å²) in [5.74, 6) is -1.27. The Kier molecular flexibility index (Phi) is 2.06. The van der Waals surface area contributed by atoms with Crippen molar-refractivity contribution in [3.05, 3.63) is 0 Å². The smallest absolute Gasteiger partial charge is 0.426 e. The van der Waals surface area contributed by atoms with E-state index in [0.717, 1.165) is 0 Å². The van der Waals surface area contributed by atoms with Gasteiger partial charge < -0.3 is 4.74 Å². The van der Waals surface area contributed by atoms with Gasteiger partial charge in [-0.05, 0) is 20.8 Å². The molecule has 70 valence electrons. The summed E-state index contributed by atoms with van der Waals surface area (Å²) >= 11 is 0. The Morgan fingerprint density at radius 3 is 2.33 bits per heavy atom. The second-order valence-electron chi connectivity index (χ2n) is 3.08. The van der Waals surface area contributed by atoms with E-state index in [4.69, 9.17) is 8.85 Å². The van der Waals surface area contributed by atoms with Crippen molar-refractivity contribution in [2.45, 2.75) is 33.2 Å². The first-order valence-electron chi connectivity index (χ1n) is 4.82. The lowest BCUT2D eigenvalue weighted by Gasteiger charge is -2.19. The van der Waals surface area contributed by atoms with Crippen molar-refractivity contribution in [2.24, 2.45) is 0 Å². The molecule has 0 spiro atoms. The van der Waals surface area contributed by atoms with Gasteiger partial charge in [0.2, 0.25) is 5.91 Å². The molecule has 0 saturated heterocycles. The zero-order valence-corrected chi connectivity index (χ0v) is 7.22. The average molecular weight is 177 g/mol. The maximum atomic E-state index is 11.0. The van der Waals surface area contributed by atoms with Crippen molar-refractivity contribution in [1.29, 1.82) is 0 Å². The summed E-state index contributed by atoms with van der Waals surface area (Å²) in [4.78, 5) is 21.7. The Morgan fingerprint density at radius 1 is 1.33 bits per heavy atom. The zero-order valence-electron chi connectivity index (χ0n) is 10.2. The number of nitrogens with one attached hydrogen (secondary N) is 2. The third-order valence-corrected chi connectivity index (χ3v) is 0.677. The normalized spacial score (nSPS) is 15.1. The fourth-order valence-corrected chi connectivity index (χ4v) is 0.411. The van der Waals surface area contributed by atoms with Crippen LogP contribution in [0.5, 0.6) is 0 Å². The third-order valence-electron chi connectivity index (χ3n) is 0.677. The topological polar surface area (TPSA) is 67.4 Å². The molecule has 0 aliphatic heterocycles. The lowest BCUT2D eigenvalue weighted by Crippen LogP contribution is -2.43. The molecular weight excluding hydrogens is 160 g/mol. The summed E-state index contributed by atoms with van der Waals surface area (Å²) in [6.07, 6.45) is -0.917. The number of carbonyl (C=O) groups is 2. The predicted molar refractivity (Wildman–Crippen MR) is 43.2 cm³/mol. The van der Waals surface area contributed by atoms with Gasteiger partial charge in [-0.2, -0.15) is 0 Å². The molecule has 0 aromatic rings. The Morgan fingerprint density at radius 2 is 1.92 bits per heavy atom. The first-order chi connectivity index (χ1) is 6.52. The van der Waals surface area contributed by atoms with E-state index in [2.05, 4.69) is 0 Å². The number of hydrogen-bond acceptors (Lipinski definition) is 3. The monoisotopic (exact) mass is 177 g/mol. The number of carbonyl (C=O) groups excluding carboxylic acids is 2. The van der Waals surface area contributed by atoms with Gasteiger partial charge in [-0.15, -0.1) is 0 Å². The van der Waals surface area contributed by atoms with Crippen LogP contribution in [-0.4, -0.2) is 17.6 Å². The molecule has 0 saturated carbocycles. The van der Waals surface area contributed by atoms with Crippen molar-refractivity contribution in [1.82, 2.24) is 10.9 Å². The molecule has 0 aliphatic carbocycles. The fraction of sp³-hybridized carbons (Fsp3) is 0.714. The molecule has 0 bridgehead atoms. The summed E-state index contributed by atoms with van der Waals surface area (Å²) < 4.78 is 24.8. The van der Waals surface area contributed by atoms with Gasteiger partial charge in [-0.3, -0.25) is 10.2 Å². The minimum atomic E-state index is -2.80. The standard InChI is InChI=1S/C7H14N2O3/c1-5(10)8-9-6(11)12-7(2,3)4/h1-4H3,(H,8,10)(H,9,11)/i1D3. The molecule has 5 heteroatoms. The molecule has 0 rings (SSSR count). The predicted octanol–water partition coefficient (Wildman–Crippen LogP) is 0.562. The Bertz CT molecular complexity index is 257. The molecule has 0 aliphatic rings. The molecule has 0 fully saturated rings. The zero-order chi connectivity index (χ0) is 12.3. The van der Waals surface area contributed by atoms with Gasteiger partial charge in [-0.25, -0.2) is 10.2 Å². The van der Waals surface area contributed by atoms with E-state index < -0.39 is 24.5 Å². The molecule has 0 atom stereocenters. The highest BCUT2D eigenvalue weighted by Crippen LogP contribution is 2.05. The van der Waals surface area contributed by atoms with E-state index >= 15 is 0 Å². The van der Waals surface area contributed by atoms with Gasteiger partial charge in [0.25, 0.3) is 0 Å². The second-order valence-corrected chi connectivity index (χ2v) is 3.08. The largest absolute Gasteiger partial charge is 0.443 e. The molecule has 0 unspecified atom stereocenters. The van der Waals surface area contributed by atoms with Crippen LogP contribution in [0.4, 0.5) is 4.79 Å². The van der Waals surface area contributed by atoms with Gasteiger partial charge in [0, 0.05) is 11.0 Å². The SMILES string of the molecule is [2H]C([2H])([2H])C(=O)NNC(=O)OC(C)(C)C. The van der Waals surface area contributed by atoms with Gasteiger partial charge in [0.1, 0.15) is 5.60 Å². The first kappa shape index (κ1) is 6.28. The molecule has 5 nitrogen and oxygen atoms in total. The summed E-state index contributed by atoms with van der Waals surface area (Å²) in [5, 5.41) is 0. The maximum Gasteiger partial charge on any atom is 0.426 e. The third kappa shape index (κ3) is 6.85. The first-order valence-corrected chi connectivity index (χ1v) is 3.32. The molecule has 2 N–H and O–H groups in total. The van der Waals surface area contributed by atoms with E-state index in [1.165, 1.54) is 0 Å². The van der Waals surface area contributed by atoms with E-state index in [1.54, 1.807) is 26.2 Å². The summed E-state index contributed by atoms with van der Waals surface area (Å²) in [7, 11) is 0. The molecule has 0 aromatic carbocycles. The quantitative estimate of drug-likeness (QED) is 0.531. The fourth-order valence-electron chi connectivity index (χ4n) is 0.411. The van der Waals surface area contributed by atoms with Crippen molar-refractivity contribution in [3.63, 3.8) is 0 Å². The molecule has 2 amide bonds. The van der Waals surface area contributed by atoms with Gasteiger partial charge in [0.05, 0.1) is 0 Å². The van der Waals surface area contributed by atoms with Gasteiger partial charge in [0.15, 0.2) is 0 Å². The highest BCUT2D eigenvalue weighted by molar-refractivity contribution is 5.76. The van der Waals surface area contributed by atoms with E-state index in [1.807, 2.05) is 5.43 Å². The number of rotatable bonds is 0. The van der Waals surface area contributed by atoms with E-state index in [0.29, 0.717) is 0 Å². The molecular formula is C7H14N2O3. The molecule has 0 radical (unpaired) electrons. The Balaban J connectivity index is 3.98. The van der Waals surface area contributed by atoms with Crippen LogP contribution in [0.1, 0.15) is 31.7 Å². The number of amides is 2. The van der Waals surface area contributed by atoms with Crippen LogP contribution in [-0.2, 0) is 9.53 Å². The van der Waals surface area contributed by atoms with Crippen LogP contribution >= 0.6 is 0 Å². The minimum Gasteiger partial charge on any atom is -0.443 e. The molecule has 0 heterocycles. The molecule has 12 heavy (non-hydrogen) atoms. The summed E-state index contributed by atoms with van der Waals surface area (Å²) in [6, 6.07) is 0. The van der Waals surface area contributed by atoms with Crippen LogP contribution in [0.2, 0.25) is 0 Å². The summed E-state index contributed by atoms with van der Waals surface area (Å²) in [5.41, 5.74) is 2.83. The van der Waals surface area contributed by atoms with E-state index in [9.17, 15) is 9.59 Å². The highest BCUT2D eigenvalue weighted by Gasteiger charge is 2.15. The average Bonchev–Trinajstić information content (AvgIpc) is 1.94. The number of hydrazine groups is 1. The van der Waals surface area contributed by atoms with Crippen molar-refractivity contribution < 1.29 is 18.4 Å². The van der Waals surface area contributed by atoms with Crippen LogP contribution in [0.3, 0.4) is 0 Å². The van der Waals surface area contributed by atoms with Crippen molar-refractivity contribution >= 4 is 12.0 Å². The second kappa shape index (κ2) is 3.94. The van der Waals surface area contributed by atoms with Crippen LogP contribution in [0, 0.1) is 0 Å². The van der Waals surface area contributed by atoms with Crippen LogP contribution < -0.4 is 10.9 Å². The van der Waals surface area contributed by atoms with Crippen molar-refractivity contribution in [3.8, 4) is 0 Å². The minimum absolute atomic E-state index is 0.713. The number of hydrogen-bond donors (Lipinski definition) is 2. The number of ether oxygens (including phenoxy) is 1. The highest BCUT2D eigenvalue weighted by atomic mass is 16.6. The van der Waals surface area contributed by atoms with Crippen molar-refractivity contribution in [2.75, 3.05) is 0 Å². The van der Waals surface area contributed by atoms with Crippen LogP contribution in [0.15, 0.2) is 0 Å². The van der Waals surface area contributed by atoms with Gasteiger partial charge >= 0.3 is 6.09 Å². The van der Waals surface area contributed by atoms with E-state index in [-0.39, 0.29) is 0 Å². The Labute approximate surface area is 75.7 Å². The lowest BCUT2D eigenvalue weighted by molar-refractivity contribution is -0.119. The lowest BCUT2D eigenvalue weighted by atomic mass is 10.2. The van der Waals surface area contributed by atoms with Crippen LogP contribution in [0.25, 0.3) is 0 Å².